The van der Waals surface area contributed by atoms with Crippen LogP contribution in [-0.4, -0.2) is 47.8 Å². The average molecular weight is 359 g/mol. The molecule has 0 saturated carbocycles. The number of carboxylic acid groups (broad SMARTS) is 1. The van der Waals surface area contributed by atoms with Crippen molar-refractivity contribution in [3.63, 3.8) is 0 Å². The molecule has 0 radical (unpaired) electrons. The van der Waals surface area contributed by atoms with Gasteiger partial charge in [-0.05, 0) is 18.6 Å². The van der Waals surface area contributed by atoms with E-state index in [-0.39, 0.29) is 6.61 Å². The molecule has 3 atom stereocenters. The van der Waals surface area contributed by atoms with E-state index in [0.29, 0.717) is 12.2 Å². The summed E-state index contributed by atoms with van der Waals surface area (Å²) in [6.07, 6.45) is -4.31. The molecule has 0 bridgehead atoms. The molecule has 1 aromatic rings. The van der Waals surface area contributed by atoms with Crippen LogP contribution in [0.15, 0.2) is 30.3 Å². The number of ether oxygens (including phenoxy) is 1. The molecule has 1 amide bonds. The van der Waals surface area contributed by atoms with Crippen molar-refractivity contribution in [2.24, 2.45) is 17.8 Å². The van der Waals surface area contributed by atoms with Crippen molar-refractivity contribution in [1.82, 2.24) is 4.90 Å². The summed E-state index contributed by atoms with van der Waals surface area (Å²) in [4.78, 5) is 24.4. The predicted octanol–water partition coefficient (Wildman–Crippen LogP) is 2.81. The number of nitrogens with zero attached hydrogens (tertiary/aromatic N) is 1. The van der Waals surface area contributed by atoms with Crippen LogP contribution in [0.2, 0.25) is 0 Å². The zero-order valence-electron chi connectivity index (χ0n) is 13.7. The van der Waals surface area contributed by atoms with E-state index in [0.717, 1.165) is 4.90 Å². The predicted molar refractivity (Wildman–Crippen MR) is 83.0 cm³/mol. The van der Waals surface area contributed by atoms with E-state index in [1.165, 1.54) is 0 Å². The Hall–Kier alpha value is -2.25. The van der Waals surface area contributed by atoms with Crippen molar-refractivity contribution in [3.8, 4) is 5.75 Å². The molecule has 0 aliphatic carbocycles. The Morgan fingerprint density at radius 3 is 2.44 bits per heavy atom. The van der Waals surface area contributed by atoms with E-state index >= 15 is 0 Å². The van der Waals surface area contributed by atoms with Crippen LogP contribution in [0.25, 0.3) is 0 Å². The van der Waals surface area contributed by atoms with Crippen LogP contribution in [0, 0.1) is 17.8 Å². The second-order valence-electron chi connectivity index (χ2n) is 6.19. The minimum absolute atomic E-state index is 0.246. The van der Waals surface area contributed by atoms with Gasteiger partial charge in [-0.15, -0.1) is 0 Å². The topological polar surface area (TPSA) is 66.8 Å². The second-order valence-corrected chi connectivity index (χ2v) is 6.19. The van der Waals surface area contributed by atoms with E-state index in [9.17, 15) is 22.8 Å². The minimum atomic E-state index is -4.64. The molecule has 1 unspecified atom stereocenters. The zero-order chi connectivity index (χ0) is 18.6. The summed E-state index contributed by atoms with van der Waals surface area (Å²) in [5.41, 5.74) is 0. The number of halogens is 3. The Balaban J connectivity index is 1.90. The Morgan fingerprint density at radius 1 is 1.28 bits per heavy atom. The van der Waals surface area contributed by atoms with Crippen LogP contribution in [0.5, 0.6) is 5.75 Å². The first-order valence-corrected chi connectivity index (χ1v) is 7.96. The van der Waals surface area contributed by atoms with Crippen molar-refractivity contribution in [3.05, 3.63) is 30.3 Å². The van der Waals surface area contributed by atoms with Crippen molar-refractivity contribution in [2.75, 3.05) is 19.7 Å². The molecule has 0 aromatic heterocycles. The maximum Gasteiger partial charge on any atom is 0.394 e. The Bertz CT molecular complexity index is 606. The fourth-order valence-corrected chi connectivity index (χ4v) is 2.87. The van der Waals surface area contributed by atoms with Gasteiger partial charge >= 0.3 is 12.1 Å². The highest BCUT2D eigenvalue weighted by Crippen LogP contribution is 2.38. The highest BCUT2D eigenvalue weighted by atomic mass is 19.4. The number of benzene rings is 1. The van der Waals surface area contributed by atoms with Gasteiger partial charge in [0.2, 0.25) is 5.91 Å². The molecule has 8 heteroatoms. The van der Waals surface area contributed by atoms with Gasteiger partial charge in [0, 0.05) is 19.0 Å². The van der Waals surface area contributed by atoms with Gasteiger partial charge in [0.1, 0.15) is 5.75 Å². The van der Waals surface area contributed by atoms with E-state index in [2.05, 4.69) is 0 Å². The first-order valence-electron chi connectivity index (χ1n) is 7.96. The number of aliphatic carboxylic acids is 1. The molecular weight excluding hydrogens is 339 g/mol. The summed E-state index contributed by atoms with van der Waals surface area (Å²) >= 11 is 0. The maximum atomic E-state index is 13.0. The van der Waals surface area contributed by atoms with Gasteiger partial charge in [0.05, 0.1) is 18.4 Å². The van der Waals surface area contributed by atoms with Crippen LogP contribution in [-0.2, 0) is 9.59 Å². The van der Waals surface area contributed by atoms with Gasteiger partial charge in [-0.25, -0.2) is 0 Å². The third kappa shape index (κ3) is 4.87. The molecule has 1 N–H and O–H groups in total. The molecule has 2 rings (SSSR count). The lowest BCUT2D eigenvalue weighted by Crippen LogP contribution is -2.35. The fraction of sp³-hybridized carbons (Fsp3) is 0.529. The second kappa shape index (κ2) is 7.76. The van der Waals surface area contributed by atoms with Crippen LogP contribution in [0.1, 0.15) is 13.3 Å². The van der Waals surface area contributed by atoms with E-state index in [4.69, 9.17) is 9.84 Å². The number of carboxylic acids is 1. The van der Waals surface area contributed by atoms with Crippen molar-refractivity contribution in [2.45, 2.75) is 19.5 Å². The molecule has 1 aliphatic heterocycles. The number of hydrogen-bond donors (Lipinski definition) is 1. The molecule has 5 nitrogen and oxygen atoms in total. The quantitative estimate of drug-likeness (QED) is 0.848. The number of carbonyl (C=O) groups excluding carboxylic acids is 1. The first-order chi connectivity index (χ1) is 11.7. The lowest BCUT2D eigenvalue weighted by Gasteiger charge is -2.21. The number of carbonyl (C=O) groups is 2. The molecule has 138 valence electrons. The lowest BCUT2D eigenvalue weighted by atomic mass is 9.96. The van der Waals surface area contributed by atoms with Crippen molar-refractivity contribution >= 4 is 11.9 Å². The van der Waals surface area contributed by atoms with Gasteiger partial charge in [0.25, 0.3) is 0 Å². The Kier molecular flexibility index (Phi) is 5.92. The molecule has 0 spiro atoms. The fourth-order valence-electron chi connectivity index (χ4n) is 2.87. The Labute approximate surface area is 143 Å². The Morgan fingerprint density at radius 2 is 1.92 bits per heavy atom. The van der Waals surface area contributed by atoms with Crippen molar-refractivity contribution in [1.29, 1.82) is 0 Å². The van der Waals surface area contributed by atoms with Crippen LogP contribution in [0.4, 0.5) is 13.2 Å². The van der Waals surface area contributed by atoms with Crippen LogP contribution < -0.4 is 4.74 Å². The van der Waals surface area contributed by atoms with Gasteiger partial charge in [-0.2, -0.15) is 13.2 Å². The highest BCUT2D eigenvalue weighted by molar-refractivity contribution is 5.80. The smallest absolute Gasteiger partial charge is 0.394 e. The normalized spacial score (nSPS) is 21.8. The number of amides is 1. The largest absolute Gasteiger partial charge is 0.494 e. The molecule has 25 heavy (non-hydrogen) atoms. The number of para-hydroxylation sites is 1. The number of rotatable bonds is 6. The van der Waals surface area contributed by atoms with Gasteiger partial charge in [-0.1, -0.05) is 25.1 Å². The SMILES string of the molecule is CC(CCOc1ccccc1)C(=O)N1C[C@@H](C(F)(F)F)[C@H](C(=O)O)C1. The van der Waals surface area contributed by atoms with E-state index in [1.807, 2.05) is 6.07 Å². The third-order valence-corrected chi connectivity index (χ3v) is 4.35. The number of alkyl halides is 3. The summed E-state index contributed by atoms with van der Waals surface area (Å²) in [6.45, 7) is 0.828. The molecular formula is C17H20F3NO4. The molecule has 1 aromatic carbocycles. The van der Waals surface area contributed by atoms with Gasteiger partial charge in [-0.3, -0.25) is 9.59 Å². The standard InChI is InChI=1S/C17H20F3NO4/c1-11(7-8-25-12-5-3-2-4-6-12)15(22)21-9-13(16(23)24)14(10-21)17(18,19)20/h2-6,11,13-14H,7-10H2,1H3,(H,23,24)/t11?,13-,14-/m1/s1. The first kappa shape index (κ1) is 19.1. The van der Waals surface area contributed by atoms with Crippen LogP contribution >= 0.6 is 0 Å². The summed E-state index contributed by atoms with van der Waals surface area (Å²) < 4.78 is 44.4. The lowest BCUT2D eigenvalue weighted by molar-refractivity contribution is -0.188. The third-order valence-electron chi connectivity index (χ3n) is 4.35. The molecule has 1 aliphatic rings. The van der Waals surface area contributed by atoms with E-state index < -0.39 is 48.9 Å². The summed E-state index contributed by atoms with van der Waals surface area (Å²) in [5.74, 6) is -5.55. The van der Waals surface area contributed by atoms with E-state index in [1.54, 1.807) is 31.2 Å². The minimum Gasteiger partial charge on any atom is -0.494 e. The van der Waals surface area contributed by atoms with Gasteiger partial charge < -0.3 is 14.7 Å². The highest BCUT2D eigenvalue weighted by Gasteiger charge is 2.53. The molecule has 1 saturated heterocycles. The zero-order valence-corrected chi connectivity index (χ0v) is 13.7. The average Bonchev–Trinajstić information content (AvgIpc) is 3.01. The van der Waals surface area contributed by atoms with Crippen molar-refractivity contribution < 1.29 is 32.6 Å². The number of likely N-dealkylation sites (tertiary alicyclic amines) is 1. The summed E-state index contributed by atoms with van der Waals surface area (Å²) in [5, 5.41) is 8.99. The van der Waals surface area contributed by atoms with Crippen LogP contribution in [0.3, 0.4) is 0 Å². The number of hydrogen-bond acceptors (Lipinski definition) is 3. The summed E-state index contributed by atoms with van der Waals surface area (Å²) in [6, 6.07) is 8.97. The maximum absolute atomic E-state index is 13.0. The van der Waals surface area contributed by atoms with Gasteiger partial charge in [0.15, 0.2) is 0 Å². The monoisotopic (exact) mass is 359 g/mol. The summed E-state index contributed by atoms with van der Waals surface area (Å²) in [7, 11) is 0. The molecule has 1 fully saturated rings. The molecule has 1 heterocycles.